The van der Waals surface area contributed by atoms with Gasteiger partial charge >= 0.3 is 6.18 Å². The quantitative estimate of drug-likeness (QED) is 0.689. The van der Waals surface area contributed by atoms with Crippen LogP contribution in [0, 0.1) is 0 Å². The van der Waals surface area contributed by atoms with Gasteiger partial charge in [0.1, 0.15) is 12.4 Å². The summed E-state index contributed by atoms with van der Waals surface area (Å²) >= 11 is 0. The van der Waals surface area contributed by atoms with Crippen LogP contribution in [0.5, 0.6) is 17.2 Å². The molecular weight excluding hydrogens is 397 g/mol. The molecule has 1 fully saturated rings. The molecule has 0 saturated carbocycles. The molecular formula is C22H27F3N2O3. The van der Waals surface area contributed by atoms with E-state index in [0.717, 1.165) is 5.56 Å². The molecule has 0 unspecified atom stereocenters. The number of ether oxygens (including phenoxy) is 3. The first-order valence-electron chi connectivity index (χ1n) is 9.85. The van der Waals surface area contributed by atoms with Crippen LogP contribution in [-0.4, -0.2) is 51.5 Å². The fourth-order valence-electron chi connectivity index (χ4n) is 3.65. The lowest BCUT2D eigenvalue weighted by molar-refractivity contribution is -0.148. The zero-order chi connectivity index (χ0) is 21.6. The zero-order valence-corrected chi connectivity index (χ0v) is 17.2. The van der Waals surface area contributed by atoms with Gasteiger partial charge in [0, 0.05) is 43.9 Å². The van der Waals surface area contributed by atoms with Gasteiger partial charge in [-0.15, -0.1) is 0 Å². The van der Waals surface area contributed by atoms with Gasteiger partial charge in [0.2, 0.25) is 0 Å². The molecule has 2 aromatic carbocycles. The number of nitrogens with zero attached hydrogens (tertiary/aromatic N) is 1. The van der Waals surface area contributed by atoms with Crippen LogP contribution in [0.4, 0.5) is 13.2 Å². The van der Waals surface area contributed by atoms with Crippen molar-refractivity contribution in [2.24, 2.45) is 0 Å². The summed E-state index contributed by atoms with van der Waals surface area (Å²) in [5.41, 5.74) is 1.37. The minimum Gasteiger partial charge on any atom is -0.493 e. The number of alkyl halides is 3. The van der Waals surface area contributed by atoms with Crippen molar-refractivity contribution in [3.8, 4) is 17.2 Å². The predicted octanol–water partition coefficient (Wildman–Crippen LogP) is 4.18. The number of methoxy groups -OCH3 is 2. The van der Waals surface area contributed by atoms with E-state index in [1.54, 1.807) is 12.1 Å². The minimum absolute atomic E-state index is 0.240. The van der Waals surface area contributed by atoms with Crippen LogP contribution in [0.25, 0.3) is 0 Å². The largest absolute Gasteiger partial charge is 0.493 e. The zero-order valence-electron chi connectivity index (χ0n) is 17.2. The molecule has 1 N–H and O–H groups in total. The average Bonchev–Trinajstić information content (AvgIpc) is 2.76. The molecule has 30 heavy (non-hydrogen) atoms. The molecule has 3 rings (SSSR count). The molecule has 1 heterocycles. The van der Waals surface area contributed by atoms with Crippen molar-refractivity contribution in [1.82, 2.24) is 10.2 Å². The molecule has 0 amide bonds. The molecule has 0 radical (unpaired) electrons. The van der Waals surface area contributed by atoms with Crippen molar-refractivity contribution in [2.45, 2.75) is 25.2 Å². The third-order valence-corrected chi connectivity index (χ3v) is 5.13. The van der Waals surface area contributed by atoms with Gasteiger partial charge in [0.05, 0.1) is 20.6 Å². The Hall–Kier alpha value is -2.45. The van der Waals surface area contributed by atoms with Gasteiger partial charge < -0.3 is 19.5 Å². The molecule has 1 aliphatic rings. The highest BCUT2D eigenvalue weighted by molar-refractivity contribution is 5.52. The van der Waals surface area contributed by atoms with E-state index in [2.05, 4.69) is 5.32 Å². The summed E-state index contributed by atoms with van der Waals surface area (Å²) in [6.07, 6.45) is -5.29. The maximum absolute atomic E-state index is 13.5. The van der Waals surface area contributed by atoms with E-state index < -0.39 is 18.6 Å². The molecule has 5 nitrogen and oxygen atoms in total. The van der Waals surface area contributed by atoms with E-state index in [1.807, 2.05) is 35.2 Å². The number of halogens is 3. The summed E-state index contributed by atoms with van der Waals surface area (Å²) in [5, 5.41) is 3.19. The number of benzene rings is 2. The van der Waals surface area contributed by atoms with E-state index in [-0.39, 0.29) is 6.61 Å². The van der Waals surface area contributed by atoms with Gasteiger partial charge in [-0.2, -0.15) is 13.2 Å². The van der Waals surface area contributed by atoms with Gasteiger partial charge in [-0.1, -0.05) is 30.3 Å². The van der Waals surface area contributed by atoms with Gasteiger partial charge in [-0.3, -0.25) is 4.90 Å². The number of piperazine rings is 1. The maximum Gasteiger partial charge on any atom is 0.390 e. The lowest BCUT2D eigenvalue weighted by atomic mass is 9.98. The van der Waals surface area contributed by atoms with Gasteiger partial charge in [0.25, 0.3) is 0 Å². The molecule has 0 aromatic heterocycles. The van der Waals surface area contributed by atoms with Gasteiger partial charge in [-0.05, 0) is 11.6 Å². The molecule has 1 saturated heterocycles. The number of rotatable bonds is 8. The fourth-order valence-corrected chi connectivity index (χ4v) is 3.65. The van der Waals surface area contributed by atoms with Crippen LogP contribution >= 0.6 is 0 Å². The molecule has 1 atom stereocenters. The van der Waals surface area contributed by atoms with Crippen molar-refractivity contribution in [1.29, 1.82) is 0 Å². The Labute approximate surface area is 174 Å². The van der Waals surface area contributed by atoms with Gasteiger partial charge in [-0.25, -0.2) is 0 Å². The second kappa shape index (κ2) is 10.0. The molecule has 164 valence electrons. The molecule has 1 aliphatic heterocycles. The summed E-state index contributed by atoms with van der Waals surface area (Å²) in [7, 11) is 2.96. The summed E-state index contributed by atoms with van der Waals surface area (Å²) in [4.78, 5) is 1.85. The van der Waals surface area contributed by atoms with Gasteiger partial charge in [0.15, 0.2) is 11.5 Å². The Morgan fingerprint density at radius 2 is 1.60 bits per heavy atom. The topological polar surface area (TPSA) is 43.0 Å². The first-order chi connectivity index (χ1) is 14.4. The number of nitrogens with one attached hydrogen (secondary N) is 1. The van der Waals surface area contributed by atoms with E-state index in [4.69, 9.17) is 14.2 Å². The third-order valence-electron chi connectivity index (χ3n) is 5.13. The SMILES string of the molecule is COc1cc(OCc2ccccc2)c([C@H](CC(F)(F)F)N2CCNCC2)cc1OC. The summed E-state index contributed by atoms with van der Waals surface area (Å²) in [6.45, 7) is 2.56. The smallest absolute Gasteiger partial charge is 0.390 e. The molecule has 2 aromatic rings. The molecule has 0 bridgehead atoms. The average molecular weight is 424 g/mol. The van der Waals surface area contributed by atoms with Crippen molar-refractivity contribution < 1.29 is 27.4 Å². The van der Waals surface area contributed by atoms with E-state index in [9.17, 15) is 13.2 Å². The second-order valence-electron chi connectivity index (χ2n) is 7.14. The highest BCUT2D eigenvalue weighted by Crippen LogP contribution is 2.43. The van der Waals surface area contributed by atoms with E-state index in [0.29, 0.717) is 49.0 Å². The minimum atomic E-state index is -4.32. The summed E-state index contributed by atoms with van der Waals surface area (Å²) in [5.74, 6) is 1.15. The predicted molar refractivity (Wildman–Crippen MR) is 108 cm³/mol. The Morgan fingerprint density at radius 1 is 0.967 bits per heavy atom. The maximum atomic E-state index is 13.5. The highest BCUT2D eigenvalue weighted by atomic mass is 19.4. The first kappa shape index (κ1) is 22.2. The van der Waals surface area contributed by atoms with Crippen LogP contribution in [-0.2, 0) is 6.61 Å². The number of hydrogen-bond donors (Lipinski definition) is 1. The highest BCUT2D eigenvalue weighted by Gasteiger charge is 2.37. The first-order valence-corrected chi connectivity index (χ1v) is 9.85. The molecule has 0 aliphatic carbocycles. The van der Waals surface area contributed by atoms with Crippen molar-refractivity contribution in [2.75, 3.05) is 40.4 Å². The normalized spacial score (nSPS) is 16.2. The van der Waals surface area contributed by atoms with Crippen LogP contribution in [0.2, 0.25) is 0 Å². The number of hydrogen-bond acceptors (Lipinski definition) is 5. The monoisotopic (exact) mass is 424 g/mol. The summed E-state index contributed by atoms with van der Waals surface area (Å²) in [6, 6.07) is 11.8. The summed E-state index contributed by atoms with van der Waals surface area (Å²) < 4.78 is 57.3. The van der Waals surface area contributed by atoms with Crippen LogP contribution in [0.1, 0.15) is 23.6 Å². The Bertz CT molecular complexity index is 809. The standard InChI is InChI=1S/C22H27F3N2O3/c1-28-20-12-17(18(14-22(23,24)25)27-10-8-26-9-11-27)19(13-21(20)29-2)30-15-16-6-4-3-5-7-16/h3-7,12-13,18,26H,8-11,14-15H2,1-2H3/t18-/m0/s1. The Kier molecular flexibility index (Phi) is 7.44. The lowest BCUT2D eigenvalue weighted by Crippen LogP contribution is -2.46. The van der Waals surface area contributed by atoms with Crippen LogP contribution in [0.3, 0.4) is 0 Å². The third kappa shape index (κ3) is 5.79. The van der Waals surface area contributed by atoms with E-state index in [1.165, 1.54) is 14.2 Å². The molecule has 0 spiro atoms. The Morgan fingerprint density at radius 3 is 2.20 bits per heavy atom. The second-order valence-corrected chi connectivity index (χ2v) is 7.14. The van der Waals surface area contributed by atoms with E-state index >= 15 is 0 Å². The van der Waals surface area contributed by atoms with Crippen molar-refractivity contribution in [3.05, 3.63) is 53.6 Å². The van der Waals surface area contributed by atoms with Crippen LogP contribution in [0.15, 0.2) is 42.5 Å². The fraction of sp³-hybridized carbons (Fsp3) is 0.455. The van der Waals surface area contributed by atoms with Crippen LogP contribution < -0.4 is 19.5 Å². The van der Waals surface area contributed by atoms with Crippen molar-refractivity contribution in [3.63, 3.8) is 0 Å². The Balaban J connectivity index is 2.00. The molecule has 8 heteroatoms. The van der Waals surface area contributed by atoms with Crippen molar-refractivity contribution >= 4 is 0 Å². The lowest BCUT2D eigenvalue weighted by Gasteiger charge is -2.36.